The SMILES string of the molecule is COCCCNC(=O)CCS(=O)(=O)N1CCNCC1. The van der Waals surface area contributed by atoms with E-state index in [1.165, 1.54) is 4.31 Å². The van der Waals surface area contributed by atoms with Crippen molar-refractivity contribution in [3.05, 3.63) is 0 Å². The second-order valence-corrected chi connectivity index (χ2v) is 6.50. The fourth-order valence-electron chi connectivity index (χ4n) is 1.81. The Balaban J connectivity index is 2.24. The molecule has 0 aromatic carbocycles. The highest BCUT2D eigenvalue weighted by Gasteiger charge is 2.24. The van der Waals surface area contributed by atoms with E-state index in [1.54, 1.807) is 7.11 Å². The standard InChI is InChI=1S/C11H23N3O4S/c1-18-9-2-4-13-11(15)3-10-19(16,17)14-7-5-12-6-8-14/h12H,2-10H2,1H3,(H,13,15). The largest absolute Gasteiger partial charge is 0.385 e. The van der Waals surface area contributed by atoms with E-state index in [9.17, 15) is 13.2 Å². The van der Waals surface area contributed by atoms with E-state index in [-0.39, 0.29) is 18.1 Å². The van der Waals surface area contributed by atoms with Gasteiger partial charge in [-0.25, -0.2) is 8.42 Å². The Labute approximate surface area is 114 Å². The van der Waals surface area contributed by atoms with Gasteiger partial charge in [0.25, 0.3) is 0 Å². The summed E-state index contributed by atoms with van der Waals surface area (Å²) < 4.78 is 30.2. The van der Waals surface area contributed by atoms with Crippen LogP contribution in [0, 0.1) is 0 Å². The number of rotatable bonds is 8. The summed E-state index contributed by atoms with van der Waals surface area (Å²) in [5.41, 5.74) is 0. The Morgan fingerprint density at radius 2 is 2.05 bits per heavy atom. The Kier molecular flexibility index (Phi) is 7.29. The number of methoxy groups -OCH3 is 1. The molecule has 7 nitrogen and oxygen atoms in total. The van der Waals surface area contributed by atoms with E-state index >= 15 is 0 Å². The Bertz CT molecular complexity index is 366. The first-order valence-electron chi connectivity index (χ1n) is 6.50. The van der Waals surface area contributed by atoms with Gasteiger partial charge in [0.05, 0.1) is 5.75 Å². The molecule has 0 aliphatic carbocycles. The van der Waals surface area contributed by atoms with Crippen molar-refractivity contribution >= 4 is 15.9 Å². The summed E-state index contributed by atoms with van der Waals surface area (Å²) in [6.07, 6.45) is 0.742. The average Bonchev–Trinajstić information content (AvgIpc) is 2.42. The van der Waals surface area contributed by atoms with Crippen LogP contribution in [0.3, 0.4) is 0 Å². The van der Waals surface area contributed by atoms with Crippen LogP contribution in [0.4, 0.5) is 0 Å². The Hall–Kier alpha value is -0.700. The molecule has 0 saturated carbocycles. The number of nitrogens with zero attached hydrogens (tertiary/aromatic N) is 1. The summed E-state index contributed by atoms with van der Waals surface area (Å²) in [6.45, 7) is 3.40. The number of carbonyl (C=O) groups is 1. The first kappa shape index (κ1) is 16.4. The van der Waals surface area contributed by atoms with Crippen LogP contribution in [0.2, 0.25) is 0 Å². The molecule has 1 fully saturated rings. The van der Waals surface area contributed by atoms with Crippen LogP contribution in [0.15, 0.2) is 0 Å². The van der Waals surface area contributed by atoms with E-state index in [4.69, 9.17) is 4.74 Å². The third-order valence-corrected chi connectivity index (χ3v) is 4.78. The van der Waals surface area contributed by atoms with Crippen molar-refractivity contribution < 1.29 is 17.9 Å². The zero-order chi connectivity index (χ0) is 14.1. The molecule has 0 atom stereocenters. The lowest BCUT2D eigenvalue weighted by atomic mass is 10.4. The fraction of sp³-hybridized carbons (Fsp3) is 0.909. The molecule has 19 heavy (non-hydrogen) atoms. The number of hydrogen-bond acceptors (Lipinski definition) is 5. The minimum atomic E-state index is -3.31. The van der Waals surface area contributed by atoms with Gasteiger partial charge in [0.1, 0.15) is 0 Å². The maximum atomic E-state index is 12.0. The monoisotopic (exact) mass is 293 g/mol. The number of piperazine rings is 1. The van der Waals surface area contributed by atoms with Crippen LogP contribution in [0.5, 0.6) is 0 Å². The molecule has 2 N–H and O–H groups in total. The van der Waals surface area contributed by atoms with Crippen LogP contribution < -0.4 is 10.6 Å². The molecule has 1 aliphatic heterocycles. The van der Waals surface area contributed by atoms with Gasteiger partial charge in [-0.2, -0.15) is 4.31 Å². The van der Waals surface area contributed by atoms with Gasteiger partial charge in [0.15, 0.2) is 0 Å². The lowest BCUT2D eigenvalue weighted by Crippen LogP contribution is -2.47. The number of carbonyl (C=O) groups excluding carboxylic acids is 1. The third-order valence-electron chi connectivity index (χ3n) is 2.90. The van der Waals surface area contributed by atoms with Crippen molar-refractivity contribution in [1.82, 2.24) is 14.9 Å². The van der Waals surface area contributed by atoms with Crippen LogP contribution in [0.25, 0.3) is 0 Å². The summed E-state index contributed by atoms with van der Waals surface area (Å²) >= 11 is 0. The van der Waals surface area contributed by atoms with E-state index in [1.807, 2.05) is 0 Å². The van der Waals surface area contributed by atoms with Crippen molar-refractivity contribution in [3.8, 4) is 0 Å². The third kappa shape index (κ3) is 6.33. The van der Waals surface area contributed by atoms with Gasteiger partial charge in [-0.3, -0.25) is 4.79 Å². The second-order valence-electron chi connectivity index (χ2n) is 4.41. The average molecular weight is 293 g/mol. The maximum Gasteiger partial charge on any atom is 0.221 e. The van der Waals surface area contributed by atoms with Gasteiger partial charge in [0, 0.05) is 52.9 Å². The predicted molar refractivity (Wildman–Crippen MR) is 72.3 cm³/mol. The van der Waals surface area contributed by atoms with Crippen molar-refractivity contribution in [3.63, 3.8) is 0 Å². The van der Waals surface area contributed by atoms with Gasteiger partial charge < -0.3 is 15.4 Å². The summed E-state index contributed by atoms with van der Waals surface area (Å²) in [4.78, 5) is 11.5. The molecule has 8 heteroatoms. The van der Waals surface area contributed by atoms with E-state index in [0.29, 0.717) is 39.3 Å². The highest BCUT2D eigenvalue weighted by atomic mass is 32.2. The molecule has 0 aromatic rings. The van der Waals surface area contributed by atoms with E-state index in [0.717, 1.165) is 6.42 Å². The van der Waals surface area contributed by atoms with Gasteiger partial charge in [-0.15, -0.1) is 0 Å². The first-order chi connectivity index (χ1) is 9.06. The smallest absolute Gasteiger partial charge is 0.221 e. The lowest BCUT2D eigenvalue weighted by molar-refractivity contribution is -0.120. The fourth-order valence-corrected chi connectivity index (χ4v) is 3.25. The summed E-state index contributed by atoms with van der Waals surface area (Å²) in [7, 11) is -1.71. The number of nitrogens with one attached hydrogen (secondary N) is 2. The van der Waals surface area contributed by atoms with Crippen molar-refractivity contribution in [1.29, 1.82) is 0 Å². The Morgan fingerprint density at radius 1 is 1.37 bits per heavy atom. The molecular formula is C11H23N3O4S. The number of amides is 1. The molecule has 0 radical (unpaired) electrons. The van der Waals surface area contributed by atoms with Crippen LogP contribution in [0.1, 0.15) is 12.8 Å². The van der Waals surface area contributed by atoms with Gasteiger partial charge in [-0.05, 0) is 6.42 Å². The quantitative estimate of drug-likeness (QED) is 0.547. The molecule has 1 saturated heterocycles. The van der Waals surface area contributed by atoms with Gasteiger partial charge >= 0.3 is 0 Å². The predicted octanol–water partition coefficient (Wildman–Crippen LogP) is -1.24. The molecule has 1 rings (SSSR count). The van der Waals surface area contributed by atoms with Crippen molar-refractivity contribution in [2.45, 2.75) is 12.8 Å². The van der Waals surface area contributed by atoms with Crippen molar-refractivity contribution in [2.24, 2.45) is 0 Å². The van der Waals surface area contributed by atoms with Crippen LogP contribution in [-0.4, -0.2) is 70.8 Å². The molecule has 1 heterocycles. The van der Waals surface area contributed by atoms with Gasteiger partial charge in [-0.1, -0.05) is 0 Å². The summed E-state index contributed by atoms with van der Waals surface area (Å²) in [5, 5.41) is 5.77. The highest BCUT2D eigenvalue weighted by Crippen LogP contribution is 2.04. The number of hydrogen-bond donors (Lipinski definition) is 2. The summed E-state index contributed by atoms with van der Waals surface area (Å²) in [6, 6.07) is 0. The molecule has 112 valence electrons. The van der Waals surface area contributed by atoms with Gasteiger partial charge in [0.2, 0.25) is 15.9 Å². The molecule has 0 unspecified atom stereocenters. The minimum absolute atomic E-state index is 0.0131. The van der Waals surface area contributed by atoms with E-state index in [2.05, 4.69) is 10.6 Å². The summed E-state index contributed by atoms with van der Waals surface area (Å²) in [5.74, 6) is -0.349. The molecule has 1 aliphatic rings. The molecule has 0 aromatic heterocycles. The topological polar surface area (TPSA) is 87.7 Å². The number of ether oxygens (including phenoxy) is 1. The molecular weight excluding hydrogens is 270 g/mol. The minimum Gasteiger partial charge on any atom is -0.385 e. The number of sulfonamides is 1. The maximum absolute atomic E-state index is 12.0. The Morgan fingerprint density at radius 3 is 2.68 bits per heavy atom. The van der Waals surface area contributed by atoms with Crippen LogP contribution >= 0.6 is 0 Å². The molecule has 0 spiro atoms. The normalized spacial score (nSPS) is 17.3. The van der Waals surface area contributed by atoms with Crippen LogP contribution in [-0.2, 0) is 19.6 Å². The van der Waals surface area contributed by atoms with E-state index < -0.39 is 10.0 Å². The first-order valence-corrected chi connectivity index (χ1v) is 8.11. The molecule has 0 bridgehead atoms. The zero-order valence-corrected chi connectivity index (χ0v) is 12.2. The second kappa shape index (κ2) is 8.47. The molecule has 1 amide bonds. The van der Waals surface area contributed by atoms with Crippen molar-refractivity contribution in [2.75, 3.05) is 52.2 Å². The zero-order valence-electron chi connectivity index (χ0n) is 11.4. The lowest BCUT2D eigenvalue weighted by Gasteiger charge is -2.26. The highest BCUT2D eigenvalue weighted by molar-refractivity contribution is 7.89.